The van der Waals surface area contributed by atoms with Gasteiger partial charge in [0.15, 0.2) is 0 Å². The molecule has 2 nitrogen and oxygen atoms in total. The van der Waals surface area contributed by atoms with E-state index in [0.717, 1.165) is 0 Å². The molecule has 5 heteroatoms. The molecule has 2 atom stereocenters. The molecule has 0 aliphatic heterocycles. The Hall–Kier alpha value is 0.790. The third-order valence-electron chi connectivity index (χ3n) is 0.903. The Morgan fingerprint density at radius 1 is 1.60 bits per heavy atom. The van der Waals surface area contributed by atoms with Gasteiger partial charge in [0.05, 0.1) is 18.5 Å². The summed E-state index contributed by atoms with van der Waals surface area (Å²) in [5.74, 6) is 0. The number of alkyl halides is 1. The maximum atomic E-state index is 10.5. The number of rotatable bonds is 3. The van der Waals surface area contributed by atoms with Crippen molar-refractivity contribution in [2.24, 2.45) is 0 Å². The number of hydrogen-bond donors (Lipinski definition) is 1. The average molecular weight is 210 g/mol. The molecule has 10 heavy (non-hydrogen) atoms. The Morgan fingerprint density at radius 3 is 2.10 bits per heavy atom. The van der Waals surface area contributed by atoms with Crippen molar-refractivity contribution < 1.29 is 17.5 Å². The summed E-state index contributed by atoms with van der Waals surface area (Å²) in [6.45, 7) is 4.80. The van der Waals surface area contributed by atoms with Crippen LogP contribution in [0.5, 0.6) is 0 Å². The van der Waals surface area contributed by atoms with Crippen LogP contribution in [0.4, 0.5) is 0 Å². The van der Waals surface area contributed by atoms with Crippen molar-refractivity contribution in [1.82, 2.24) is 0 Å². The van der Waals surface area contributed by atoms with Gasteiger partial charge in [0.2, 0.25) is 0 Å². The molecule has 0 saturated carbocycles. The lowest BCUT2D eigenvalue weighted by molar-refractivity contribution is -0.845. The number of halogens is 3. The molecule has 0 amide bonds. The third kappa shape index (κ3) is 11.6. The number of hydroxylamine groups is 2. The summed E-state index contributed by atoms with van der Waals surface area (Å²) in [5, 5.41) is 10.8. The normalized spacial score (nSPS) is 14.4. The van der Waals surface area contributed by atoms with E-state index in [4.69, 9.17) is 11.6 Å². The summed E-state index contributed by atoms with van der Waals surface area (Å²) < 4.78 is 0. The highest BCUT2D eigenvalue weighted by Crippen LogP contribution is 1.85. The highest BCUT2D eigenvalue weighted by Gasteiger charge is 1.98. The molecule has 0 saturated heterocycles. The first-order valence-corrected chi connectivity index (χ1v) is 3.26. The molecule has 0 bridgehead atoms. The molecule has 0 aliphatic rings. The molecule has 2 unspecified atom stereocenters. The van der Waals surface area contributed by atoms with E-state index in [1.54, 1.807) is 0 Å². The van der Waals surface area contributed by atoms with E-state index in [1.807, 2.05) is 13.8 Å². The lowest BCUT2D eigenvalue weighted by Gasteiger charge is -2.20. The maximum absolute atomic E-state index is 10.5. The van der Waals surface area contributed by atoms with Gasteiger partial charge in [-0.3, -0.25) is 0 Å². The first kappa shape index (κ1) is 17.0. The Bertz CT molecular complexity index is 62.9. The summed E-state index contributed by atoms with van der Waals surface area (Å²) >= 11 is 5.53. The highest BCUT2D eigenvalue weighted by atomic mass is 35.5. The summed E-state index contributed by atoms with van der Waals surface area (Å²) in [4.78, 5) is 0. The largest absolute Gasteiger partial charge is 1.00 e. The van der Waals surface area contributed by atoms with E-state index in [1.165, 1.54) is 0 Å². The molecule has 0 heterocycles. The summed E-state index contributed by atoms with van der Waals surface area (Å²) in [6, 6.07) is 0. The summed E-state index contributed by atoms with van der Waals surface area (Å²) in [7, 11) is 0. The first-order valence-electron chi connectivity index (χ1n) is 2.82. The summed E-state index contributed by atoms with van der Waals surface area (Å²) in [6.07, 6.45) is 0. The number of nitrogens with one attached hydrogen (secondary N) is 1. The smallest absolute Gasteiger partial charge is 0.0931 e. The molecule has 0 aromatic heterocycles. The molecule has 0 aliphatic carbocycles. The van der Waals surface area contributed by atoms with E-state index in [0.29, 0.717) is 13.1 Å². The van der Waals surface area contributed by atoms with Crippen LogP contribution < -0.4 is 17.5 Å². The third-order valence-corrected chi connectivity index (χ3v) is 1.06. The Balaban J connectivity index is -0.000000245. The molecule has 0 rings (SSSR count). The SMILES string of the molecule is CC[NH+]([O-])CC(C)Cl.Cl.[Cl-]. The Kier molecular flexibility index (Phi) is 16.7. The van der Waals surface area contributed by atoms with Crippen LogP contribution in [0.15, 0.2) is 0 Å². The van der Waals surface area contributed by atoms with Gasteiger partial charge in [-0.25, -0.2) is 0 Å². The van der Waals surface area contributed by atoms with Gasteiger partial charge in [0, 0.05) is 0 Å². The molecule has 1 N–H and O–H groups in total. The van der Waals surface area contributed by atoms with Gasteiger partial charge in [-0.2, -0.15) is 0 Å². The zero-order chi connectivity index (χ0) is 6.57. The van der Waals surface area contributed by atoms with Crippen molar-refractivity contribution in [3.05, 3.63) is 5.21 Å². The number of quaternary nitrogens is 1. The lowest BCUT2D eigenvalue weighted by atomic mass is 10.4. The zero-order valence-electron chi connectivity index (χ0n) is 6.06. The van der Waals surface area contributed by atoms with Gasteiger partial charge in [0.1, 0.15) is 0 Å². The van der Waals surface area contributed by atoms with Crippen LogP contribution in [0, 0.1) is 5.21 Å². The molecular formula is C5H13Cl3NO-. The molecule has 0 aromatic rings. The predicted octanol–water partition coefficient (Wildman–Crippen LogP) is -2.56. The second kappa shape index (κ2) is 9.79. The van der Waals surface area contributed by atoms with Crippen LogP contribution in [0.25, 0.3) is 0 Å². The second-order valence-electron chi connectivity index (χ2n) is 1.88. The fourth-order valence-corrected chi connectivity index (χ4v) is 0.630. The highest BCUT2D eigenvalue weighted by molar-refractivity contribution is 6.20. The Morgan fingerprint density at radius 2 is 2.00 bits per heavy atom. The predicted molar refractivity (Wildman–Crippen MR) is 42.3 cm³/mol. The minimum Gasteiger partial charge on any atom is -1.00 e. The molecule has 0 fully saturated rings. The molecule has 66 valence electrons. The number of hydrogen-bond acceptors (Lipinski definition) is 1. The van der Waals surface area contributed by atoms with E-state index >= 15 is 0 Å². The maximum Gasteiger partial charge on any atom is 0.0931 e. The van der Waals surface area contributed by atoms with Crippen LogP contribution in [0.3, 0.4) is 0 Å². The quantitative estimate of drug-likeness (QED) is 0.402. The van der Waals surface area contributed by atoms with Gasteiger partial charge >= 0.3 is 0 Å². The molecular weight excluding hydrogens is 196 g/mol. The van der Waals surface area contributed by atoms with Crippen LogP contribution in [-0.4, -0.2) is 18.5 Å². The van der Waals surface area contributed by atoms with E-state index in [-0.39, 0.29) is 35.3 Å². The van der Waals surface area contributed by atoms with Crippen LogP contribution in [0.2, 0.25) is 0 Å². The lowest BCUT2D eigenvalue weighted by Crippen LogP contribution is -3.07. The van der Waals surface area contributed by atoms with Gasteiger partial charge < -0.3 is 22.7 Å². The van der Waals surface area contributed by atoms with Gasteiger partial charge in [-0.1, -0.05) is 0 Å². The van der Waals surface area contributed by atoms with Crippen LogP contribution >= 0.6 is 24.0 Å². The fourth-order valence-electron chi connectivity index (χ4n) is 0.458. The van der Waals surface area contributed by atoms with Crippen molar-refractivity contribution in [2.45, 2.75) is 19.2 Å². The average Bonchev–Trinajstić information content (AvgIpc) is 1.65. The second-order valence-corrected chi connectivity index (χ2v) is 2.62. The summed E-state index contributed by atoms with van der Waals surface area (Å²) in [5.41, 5.74) is 0. The fraction of sp³-hybridized carbons (Fsp3) is 1.00. The topological polar surface area (TPSA) is 27.5 Å². The van der Waals surface area contributed by atoms with E-state index in [2.05, 4.69) is 0 Å². The minimum absolute atomic E-state index is 0. The van der Waals surface area contributed by atoms with Gasteiger partial charge in [-0.15, -0.1) is 24.0 Å². The van der Waals surface area contributed by atoms with Crippen molar-refractivity contribution in [2.75, 3.05) is 13.1 Å². The van der Waals surface area contributed by atoms with Crippen molar-refractivity contribution in [3.8, 4) is 0 Å². The molecule has 0 spiro atoms. The standard InChI is InChI=1S/C5H12ClNO.2ClH/c1-3-7(8)4-5(2)6;;/h5,7H,3-4H2,1-2H3;2*1H/p-1. The first-order chi connectivity index (χ1) is 3.66. The van der Waals surface area contributed by atoms with Crippen molar-refractivity contribution >= 4 is 24.0 Å². The van der Waals surface area contributed by atoms with Crippen molar-refractivity contribution in [3.63, 3.8) is 0 Å². The zero-order valence-corrected chi connectivity index (χ0v) is 8.39. The van der Waals surface area contributed by atoms with Crippen LogP contribution in [0.1, 0.15) is 13.8 Å². The molecule has 0 aromatic carbocycles. The van der Waals surface area contributed by atoms with E-state index < -0.39 is 0 Å². The van der Waals surface area contributed by atoms with Crippen molar-refractivity contribution in [1.29, 1.82) is 0 Å². The minimum atomic E-state index is 0. The monoisotopic (exact) mass is 208 g/mol. The van der Waals surface area contributed by atoms with Crippen LogP contribution in [-0.2, 0) is 0 Å². The van der Waals surface area contributed by atoms with Gasteiger partial charge in [-0.05, 0) is 13.8 Å². The Labute approximate surface area is 79.3 Å². The van der Waals surface area contributed by atoms with Gasteiger partial charge in [0.25, 0.3) is 0 Å². The van der Waals surface area contributed by atoms with E-state index in [9.17, 15) is 5.21 Å². The molecule has 0 radical (unpaired) electrons.